The number of halogens is 1. The maximum absolute atomic E-state index is 11.1. The Kier molecular flexibility index (Phi) is 4.81. The average Bonchev–Trinajstić information content (AvgIpc) is 3.04. The SMILES string of the molecule is O=C(O)C1CCN(C(c2ccsc2)c2ccccc2Cl)CC1. The third-order valence-corrected chi connectivity index (χ3v) is 5.35. The van der Waals surface area contributed by atoms with Crippen LogP contribution in [-0.2, 0) is 4.79 Å². The summed E-state index contributed by atoms with van der Waals surface area (Å²) < 4.78 is 0. The summed E-state index contributed by atoms with van der Waals surface area (Å²) in [7, 11) is 0. The summed E-state index contributed by atoms with van der Waals surface area (Å²) in [4.78, 5) is 13.5. The summed E-state index contributed by atoms with van der Waals surface area (Å²) in [5.74, 6) is -0.893. The molecule has 2 aromatic rings. The molecule has 1 aromatic carbocycles. The predicted octanol–water partition coefficient (Wildman–Crippen LogP) is 4.29. The minimum absolute atomic E-state index is 0.106. The van der Waals surface area contributed by atoms with Gasteiger partial charge in [0.1, 0.15) is 0 Å². The van der Waals surface area contributed by atoms with Gasteiger partial charge < -0.3 is 5.11 Å². The highest BCUT2D eigenvalue weighted by Gasteiger charge is 2.31. The third kappa shape index (κ3) is 3.19. The van der Waals surface area contributed by atoms with Crippen molar-refractivity contribution in [3.63, 3.8) is 0 Å². The lowest BCUT2D eigenvalue weighted by Gasteiger charge is -2.37. The molecule has 22 heavy (non-hydrogen) atoms. The molecule has 1 aliphatic heterocycles. The lowest BCUT2D eigenvalue weighted by molar-refractivity contribution is -0.143. The molecule has 0 amide bonds. The Morgan fingerprint density at radius 1 is 1.27 bits per heavy atom. The fourth-order valence-electron chi connectivity index (χ4n) is 3.12. The van der Waals surface area contributed by atoms with E-state index in [9.17, 15) is 9.90 Å². The van der Waals surface area contributed by atoms with Crippen LogP contribution in [0.2, 0.25) is 5.02 Å². The van der Waals surface area contributed by atoms with Crippen molar-refractivity contribution in [3.8, 4) is 0 Å². The number of piperidine rings is 1. The molecule has 1 atom stereocenters. The monoisotopic (exact) mass is 335 g/mol. The van der Waals surface area contributed by atoms with Crippen molar-refractivity contribution in [1.82, 2.24) is 4.90 Å². The molecule has 0 aliphatic carbocycles. The van der Waals surface area contributed by atoms with Gasteiger partial charge in [0.05, 0.1) is 12.0 Å². The molecule has 3 rings (SSSR count). The molecule has 3 nitrogen and oxygen atoms in total. The highest BCUT2D eigenvalue weighted by Crippen LogP contribution is 2.36. The normalized spacial score (nSPS) is 18.2. The number of carbonyl (C=O) groups is 1. The maximum atomic E-state index is 11.1. The van der Waals surface area contributed by atoms with Gasteiger partial charge in [-0.2, -0.15) is 11.3 Å². The molecule has 5 heteroatoms. The van der Waals surface area contributed by atoms with E-state index >= 15 is 0 Å². The summed E-state index contributed by atoms with van der Waals surface area (Å²) in [6.45, 7) is 1.56. The van der Waals surface area contributed by atoms with Crippen molar-refractivity contribution in [3.05, 3.63) is 57.2 Å². The van der Waals surface area contributed by atoms with Crippen LogP contribution in [0, 0.1) is 5.92 Å². The summed E-state index contributed by atoms with van der Waals surface area (Å²) >= 11 is 8.09. The number of rotatable bonds is 4. The van der Waals surface area contributed by atoms with Gasteiger partial charge in [-0.15, -0.1) is 0 Å². The van der Waals surface area contributed by atoms with Crippen molar-refractivity contribution in [2.75, 3.05) is 13.1 Å². The van der Waals surface area contributed by atoms with Crippen molar-refractivity contribution in [2.24, 2.45) is 5.92 Å². The van der Waals surface area contributed by atoms with Gasteiger partial charge in [-0.1, -0.05) is 29.8 Å². The highest BCUT2D eigenvalue weighted by molar-refractivity contribution is 7.08. The van der Waals surface area contributed by atoms with Gasteiger partial charge in [0.25, 0.3) is 0 Å². The molecule has 0 radical (unpaired) electrons. The number of likely N-dealkylation sites (tertiary alicyclic amines) is 1. The largest absolute Gasteiger partial charge is 0.481 e. The fourth-order valence-corrected chi connectivity index (χ4v) is 4.04. The zero-order chi connectivity index (χ0) is 15.5. The smallest absolute Gasteiger partial charge is 0.306 e. The van der Waals surface area contributed by atoms with Crippen LogP contribution in [0.1, 0.15) is 30.0 Å². The van der Waals surface area contributed by atoms with E-state index in [1.54, 1.807) is 11.3 Å². The lowest BCUT2D eigenvalue weighted by atomic mass is 9.92. The highest BCUT2D eigenvalue weighted by atomic mass is 35.5. The maximum Gasteiger partial charge on any atom is 0.306 e. The number of hydrogen-bond acceptors (Lipinski definition) is 3. The number of nitrogens with zero attached hydrogens (tertiary/aromatic N) is 1. The first-order chi connectivity index (χ1) is 10.7. The van der Waals surface area contributed by atoms with E-state index in [4.69, 9.17) is 11.6 Å². The second-order valence-electron chi connectivity index (χ2n) is 5.63. The van der Waals surface area contributed by atoms with Crippen LogP contribution in [0.4, 0.5) is 0 Å². The molecule has 1 aromatic heterocycles. The van der Waals surface area contributed by atoms with E-state index in [0.29, 0.717) is 12.8 Å². The van der Waals surface area contributed by atoms with Crippen molar-refractivity contribution in [1.29, 1.82) is 0 Å². The van der Waals surface area contributed by atoms with E-state index in [2.05, 4.69) is 27.8 Å². The Hall–Kier alpha value is -1.36. The molecular formula is C17H18ClNO2S. The van der Waals surface area contributed by atoms with E-state index in [-0.39, 0.29) is 12.0 Å². The summed E-state index contributed by atoms with van der Waals surface area (Å²) in [6, 6.07) is 10.2. The van der Waals surface area contributed by atoms with E-state index in [1.807, 2.05) is 18.2 Å². The molecule has 1 fully saturated rings. The topological polar surface area (TPSA) is 40.5 Å². The number of hydrogen-bond donors (Lipinski definition) is 1. The van der Waals surface area contributed by atoms with Crippen LogP contribution in [0.5, 0.6) is 0 Å². The molecule has 116 valence electrons. The minimum Gasteiger partial charge on any atom is -0.481 e. The summed E-state index contributed by atoms with van der Waals surface area (Å²) in [5, 5.41) is 14.2. The first kappa shape index (κ1) is 15.5. The molecule has 1 aliphatic rings. The molecule has 0 saturated carbocycles. The van der Waals surface area contributed by atoms with E-state index in [0.717, 1.165) is 23.7 Å². The van der Waals surface area contributed by atoms with Crippen molar-refractivity contribution >= 4 is 28.9 Å². The van der Waals surface area contributed by atoms with E-state index < -0.39 is 5.97 Å². The number of carboxylic acids is 1. The van der Waals surface area contributed by atoms with Gasteiger partial charge in [0.15, 0.2) is 0 Å². The number of benzene rings is 1. The van der Waals surface area contributed by atoms with Gasteiger partial charge in [0.2, 0.25) is 0 Å². The molecule has 0 bridgehead atoms. The summed E-state index contributed by atoms with van der Waals surface area (Å²) in [5.41, 5.74) is 2.32. The molecule has 0 spiro atoms. The Labute approximate surface area is 139 Å². The van der Waals surface area contributed by atoms with Gasteiger partial charge in [-0.3, -0.25) is 9.69 Å². The van der Waals surface area contributed by atoms with E-state index in [1.165, 1.54) is 5.56 Å². The standard InChI is InChI=1S/C17H18ClNO2S/c18-15-4-2-1-3-14(15)16(13-7-10-22-11-13)19-8-5-12(6-9-19)17(20)21/h1-4,7,10-12,16H,5-6,8-9H2,(H,20,21). The van der Waals surface area contributed by atoms with Gasteiger partial charge in [-0.05, 0) is 60.0 Å². The zero-order valence-corrected chi connectivity index (χ0v) is 13.7. The van der Waals surface area contributed by atoms with Crippen molar-refractivity contribution < 1.29 is 9.90 Å². The van der Waals surface area contributed by atoms with Gasteiger partial charge in [-0.25, -0.2) is 0 Å². The number of carboxylic acid groups (broad SMARTS) is 1. The Morgan fingerprint density at radius 3 is 2.59 bits per heavy atom. The van der Waals surface area contributed by atoms with Gasteiger partial charge >= 0.3 is 5.97 Å². The molecule has 1 N–H and O–H groups in total. The molecule has 1 unspecified atom stereocenters. The quantitative estimate of drug-likeness (QED) is 0.906. The summed E-state index contributed by atoms with van der Waals surface area (Å²) in [6.07, 6.45) is 1.39. The second-order valence-corrected chi connectivity index (χ2v) is 6.82. The Morgan fingerprint density at radius 2 is 2.00 bits per heavy atom. The molecular weight excluding hydrogens is 318 g/mol. The van der Waals surface area contributed by atoms with Crippen LogP contribution in [0.15, 0.2) is 41.1 Å². The Balaban J connectivity index is 1.88. The number of aliphatic carboxylic acids is 1. The molecule has 2 heterocycles. The lowest BCUT2D eigenvalue weighted by Crippen LogP contribution is -2.39. The first-order valence-electron chi connectivity index (χ1n) is 7.40. The first-order valence-corrected chi connectivity index (χ1v) is 8.72. The van der Waals surface area contributed by atoms with Crippen LogP contribution >= 0.6 is 22.9 Å². The minimum atomic E-state index is -0.676. The second kappa shape index (κ2) is 6.82. The Bertz CT molecular complexity index is 636. The molecule has 1 saturated heterocycles. The fraction of sp³-hybridized carbons (Fsp3) is 0.353. The zero-order valence-electron chi connectivity index (χ0n) is 12.1. The predicted molar refractivity (Wildman–Crippen MR) is 89.5 cm³/mol. The van der Waals surface area contributed by atoms with Crippen molar-refractivity contribution in [2.45, 2.75) is 18.9 Å². The third-order valence-electron chi connectivity index (χ3n) is 4.30. The van der Waals surface area contributed by atoms with Crippen LogP contribution < -0.4 is 0 Å². The van der Waals surface area contributed by atoms with Gasteiger partial charge in [0, 0.05) is 5.02 Å². The van der Waals surface area contributed by atoms with Crippen LogP contribution in [0.3, 0.4) is 0 Å². The average molecular weight is 336 g/mol. The van der Waals surface area contributed by atoms with Crippen LogP contribution in [0.25, 0.3) is 0 Å². The van der Waals surface area contributed by atoms with Crippen LogP contribution in [-0.4, -0.2) is 29.1 Å². The number of thiophene rings is 1.